The Kier molecular flexibility index (Phi) is 8.57. The number of carbonyl (C=O) groups is 1. The van der Waals surface area contributed by atoms with Crippen LogP contribution in [0.25, 0.3) is 11.8 Å². The Hall–Kier alpha value is -3.88. The van der Waals surface area contributed by atoms with Crippen LogP contribution in [0.5, 0.6) is 5.75 Å². The number of halogens is 1. The van der Waals surface area contributed by atoms with Crippen LogP contribution < -0.4 is 19.6 Å². The van der Waals surface area contributed by atoms with Crippen molar-refractivity contribution in [1.82, 2.24) is 9.13 Å². The lowest BCUT2D eigenvalue weighted by atomic mass is 9.93. The lowest BCUT2D eigenvalue weighted by Gasteiger charge is -2.27. The van der Waals surface area contributed by atoms with Gasteiger partial charge in [0.05, 0.1) is 29.5 Å². The van der Waals surface area contributed by atoms with Gasteiger partial charge in [-0.25, -0.2) is 9.79 Å². The number of esters is 1. The standard InChI is InChI=1S/C33H34ClN3O4S/c1-7-10-26-29(32(39)41-8-2)30(25-18-23(34)13-14-27(25)40-6)37-31(38)28(42-33(37)35-26)17-22-16-20(4)36(21(22)5)24-12-9-11-19(3)15-24/h9,11-18,30H,7-8,10H2,1-6H3/b28-17-/t30-/m1/s1. The van der Waals surface area contributed by atoms with Crippen molar-refractivity contribution in [3.05, 3.63) is 113 Å². The minimum Gasteiger partial charge on any atom is -0.496 e. The topological polar surface area (TPSA) is 74.8 Å². The van der Waals surface area contributed by atoms with Crippen LogP contribution in [0.4, 0.5) is 0 Å². The molecule has 0 saturated carbocycles. The van der Waals surface area contributed by atoms with Gasteiger partial charge in [0.1, 0.15) is 11.8 Å². The molecular formula is C33H34ClN3O4S. The molecule has 9 heteroatoms. The molecular weight excluding hydrogens is 570 g/mol. The van der Waals surface area contributed by atoms with Crippen molar-refractivity contribution in [2.45, 2.75) is 53.5 Å². The third-order valence-electron chi connectivity index (χ3n) is 7.40. The van der Waals surface area contributed by atoms with Crippen LogP contribution in [0, 0.1) is 20.8 Å². The van der Waals surface area contributed by atoms with E-state index in [1.165, 1.54) is 16.9 Å². The van der Waals surface area contributed by atoms with Crippen LogP contribution >= 0.6 is 22.9 Å². The predicted octanol–water partition coefficient (Wildman–Crippen LogP) is 5.96. The molecule has 0 amide bonds. The molecule has 0 fully saturated rings. The van der Waals surface area contributed by atoms with Crippen LogP contribution in [-0.2, 0) is 9.53 Å². The first-order chi connectivity index (χ1) is 20.2. The summed E-state index contributed by atoms with van der Waals surface area (Å²) in [6.45, 7) is 10.2. The van der Waals surface area contributed by atoms with Crippen molar-refractivity contribution in [2.75, 3.05) is 13.7 Å². The molecule has 2 aromatic carbocycles. The highest BCUT2D eigenvalue weighted by Crippen LogP contribution is 2.38. The number of rotatable bonds is 8. The zero-order valence-electron chi connectivity index (χ0n) is 24.7. The summed E-state index contributed by atoms with van der Waals surface area (Å²) in [6.07, 6.45) is 3.23. The molecule has 1 aliphatic heterocycles. The average Bonchev–Trinajstić information content (AvgIpc) is 3.41. The van der Waals surface area contributed by atoms with Gasteiger partial charge < -0.3 is 14.0 Å². The summed E-state index contributed by atoms with van der Waals surface area (Å²) in [7, 11) is 1.56. The van der Waals surface area contributed by atoms with Crippen LogP contribution in [0.3, 0.4) is 0 Å². The molecule has 1 atom stereocenters. The van der Waals surface area contributed by atoms with Gasteiger partial charge >= 0.3 is 5.97 Å². The molecule has 42 heavy (non-hydrogen) atoms. The van der Waals surface area contributed by atoms with Gasteiger partial charge in [0.2, 0.25) is 0 Å². The lowest BCUT2D eigenvalue weighted by Crippen LogP contribution is -2.40. The number of aryl methyl sites for hydroxylation is 2. The van der Waals surface area contributed by atoms with Gasteiger partial charge in [-0.1, -0.05) is 48.4 Å². The van der Waals surface area contributed by atoms with Crippen molar-refractivity contribution >= 4 is 35.0 Å². The summed E-state index contributed by atoms with van der Waals surface area (Å²) in [5.41, 5.74) is 6.56. The predicted molar refractivity (Wildman–Crippen MR) is 168 cm³/mol. The Bertz CT molecular complexity index is 1900. The molecule has 0 radical (unpaired) electrons. The number of thiazole rings is 1. The molecule has 0 bridgehead atoms. The van der Waals surface area contributed by atoms with E-state index in [0.29, 0.717) is 43.4 Å². The number of allylic oxidation sites excluding steroid dienone is 1. The van der Waals surface area contributed by atoms with Gasteiger partial charge in [-0.05, 0) is 87.7 Å². The summed E-state index contributed by atoms with van der Waals surface area (Å²) in [4.78, 5) is 33.1. The van der Waals surface area contributed by atoms with Gasteiger partial charge in [-0.2, -0.15) is 0 Å². The van der Waals surface area contributed by atoms with E-state index in [4.69, 9.17) is 26.1 Å². The Morgan fingerprint density at radius 1 is 1.12 bits per heavy atom. The first-order valence-corrected chi connectivity index (χ1v) is 15.2. The maximum absolute atomic E-state index is 14.2. The fraction of sp³-hybridized carbons (Fsp3) is 0.303. The largest absolute Gasteiger partial charge is 0.496 e. The molecule has 2 aromatic heterocycles. The minimum absolute atomic E-state index is 0.197. The van der Waals surface area contributed by atoms with Gasteiger partial charge in [0.25, 0.3) is 5.56 Å². The molecule has 0 aliphatic carbocycles. The van der Waals surface area contributed by atoms with E-state index in [-0.39, 0.29) is 12.2 Å². The molecule has 218 valence electrons. The molecule has 0 spiro atoms. The summed E-state index contributed by atoms with van der Waals surface area (Å²) in [6, 6.07) is 14.8. The monoisotopic (exact) mass is 603 g/mol. The molecule has 4 aromatic rings. The molecule has 0 saturated heterocycles. The maximum atomic E-state index is 14.2. The van der Waals surface area contributed by atoms with E-state index < -0.39 is 12.0 Å². The smallest absolute Gasteiger partial charge is 0.338 e. The number of benzene rings is 2. The average molecular weight is 604 g/mol. The minimum atomic E-state index is -0.808. The first-order valence-electron chi connectivity index (χ1n) is 14.0. The zero-order valence-corrected chi connectivity index (χ0v) is 26.2. The highest BCUT2D eigenvalue weighted by atomic mass is 35.5. The van der Waals surface area contributed by atoms with Crippen LogP contribution in [0.2, 0.25) is 5.02 Å². The van der Waals surface area contributed by atoms with Gasteiger partial charge in [0.15, 0.2) is 4.80 Å². The number of aromatic nitrogens is 2. The number of carbonyl (C=O) groups excluding carboxylic acids is 1. The second kappa shape index (κ2) is 12.2. The molecule has 3 heterocycles. The van der Waals surface area contributed by atoms with E-state index in [0.717, 1.165) is 29.1 Å². The second-order valence-electron chi connectivity index (χ2n) is 10.3. The number of nitrogens with zero attached hydrogens (tertiary/aromatic N) is 3. The normalized spacial score (nSPS) is 15.0. The third-order valence-corrected chi connectivity index (χ3v) is 8.61. The summed E-state index contributed by atoms with van der Waals surface area (Å²) in [5.74, 6) is 0.00735. The number of hydrogen-bond donors (Lipinski definition) is 0. The fourth-order valence-corrected chi connectivity index (χ4v) is 6.76. The fourth-order valence-electron chi connectivity index (χ4n) is 5.57. The van der Waals surface area contributed by atoms with Crippen LogP contribution in [0.1, 0.15) is 60.8 Å². The molecule has 1 aliphatic rings. The molecule has 0 unspecified atom stereocenters. The lowest BCUT2D eigenvalue weighted by molar-refractivity contribution is -0.139. The summed E-state index contributed by atoms with van der Waals surface area (Å²) < 4.78 is 15.5. The number of fused-ring (bicyclic) bond motifs is 1. The van der Waals surface area contributed by atoms with Crippen molar-refractivity contribution in [3.8, 4) is 11.4 Å². The Balaban J connectivity index is 1.77. The Morgan fingerprint density at radius 2 is 1.90 bits per heavy atom. The van der Waals surface area contributed by atoms with Gasteiger partial charge in [-0.15, -0.1) is 0 Å². The molecule has 5 rings (SSSR count). The second-order valence-corrected chi connectivity index (χ2v) is 11.7. The van der Waals surface area contributed by atoms with Crippen molar-refractivity contribution in [3.63, 3.8) is 0 Å². The first kappa shape index (κ1) is 29.6. The maximum Gasteiger partial charge on any atom is 0.338 e. The van der Waals surface area contributed by atoms with E-state index in [9.17, 15) is 9.59 Å². The third kappa shape index (κ3) is 5.37. The van der Waals surface area contributed by atoms with Crippen LogP contribution in [0.15, 0.2) is 69.6 Å². The number of ether oxygens (including phenoxy) is 2. The highest BCUT2D eigenvalue weighted by Gasteiger charge is 2.36. The highest BCUT2D eigenvalue weighted by molar-refractivity contribution is 7.07. The van der Waals surface area contributed by atoms with E-state index in [1.54, 1.807) is 36.8 Å². The van der Waals surface area contributed by atoms with Crippen molar-refractivity contribution in [2.24, 2.45) is 4.99 Å². The van der Waals surface area contributed by atoms with Gasteiger partial charge in [0, 0.05) is 27.7 Å². The van der Waals surface area contributed by atoms with E-state index >= 15 is 0 Å². The summed E-state index contributed by atoms with van der Waals surface area (Å²) in [5, 5.41) is 0.466. The van der Waals surface area contributed by atoms with Gasteiger partial charge in [-0.3, -0.25) is 9.36 Å². The number of methoxy groups -OCH3 is 1. The number of hydrogen-bond acceptors (Lipinski definition) is 6. The molecule has 7 nitrogen and oxygen atoms in total. The Labute approximate surface area is 254 Å². The zero-order chi connectivity index (χ0) is 30.1. The van der Waals surface area contributed by atoms with Crippen molar-refractivity contribution < 1.29 is 14.3 Å². The quantitative estimate of drug-likeness (QED) is 0.233. The van der Waals surface area contributed by atoms with Crippen LogP contribution in [-0.4, -0.2) is 28.8 Å². The van der Waals surface area contributed by atoms with Crippen molar-refractivity contribution in [1.29, 1.82) is 0 Å². The Morgan fingerprint density at radius 3 is 2.60 bits per heavy atom. The van der Waals surface area contributed by atoms with E-state index in [1.807, 2.05) is 19.1 Å². The molecule has 0 N–H and O–H groups in total. The summed E-state index contributed by atoms with van der Waals surface area (Å²) >= 11 is 7.76. The van der Waals surface area contributed by atoms with E-state index in [2.05, 4.69) is 49.6 Å². The SMILES string of the molecule is CCCC1=C(C(=O)OCC)[C@@H](c2cc(Cl)ccc2OC)n2c(s/c(=C\c3cc(C)n(-c4cccc(C)c4)c3C)c2=O)=N1.